The Hall–Kier alpha value is -1.36. The van der Waals surface area contributed by atoms with Crippen molar-refractivity contribution >= 4 is 5.91 Å². The summed E-state index contributed by atoms with van der Waals surface area (Å²) in [6, 6.07) is -0.279. The summed E-state index contributed by atoms with van der Waals surface area (Å²) in [7, 11) is 3.70. The van der Waals surface area contributed by atoms with Crippen LogP contribution < -0.4 is 5.32 Å². The SMILES string of the molecule is CCCN(CC1CC1)C(=O)C(NC)c1cnn(C)c1. The molecule has 19 heavy (non-hydrogen) atoms. The van der Waals surface area contributed by atoms with Crippen molar-refractivity contribution in [2.45, 2.75) is 32.2 Å². The number of carbonyl (C=O) groups is 1. The molecule has 1 aromatic heterocycles. The molecule has 5 heteroatoms. The topological polar surface area (TPSA) is 50.2 Å². The van der Waals surface area contributed by atoms with Gasteiger partial charge in [0.2, 0.25) is 5.91 Å². The fourth-order valence-electron chi connectivity index (χ4n) is 2.38. The van der Waals surface area contributed by atoms with Gasteiger partial charge in [-0.15, -0.1) is 0 Å². The second kappa shape index (κ2) is 6.19. The molecule has 1 saturated carbocycles. The lowest BCUT2D eigenvalue weighted by Crippen LogP contribution is -2.41. The van der Waals surface area contributed by atoms with Gasteiger partial charge in [0, 0.05) is 31.9 Å². The number of likely N-dealkylation sites (N-methyl/N-ethyl adjacent to an activating group) is 1. The van der Waals surface area contributed by atoms with Crippen molar-refractivity contribution in [2.24, 2.45) is 13.0 Å². The van der Waals surface area contributed by atoms with Gasteiger partial charge in [0.05, 0.1) is 6.20 Å². The minimum atomic E-state index is -0.279. The molecule has 1 fully saturated rings. The van der Waals surface area contributed by atoms with Crippen molar-refractivity contribution < 1.29 is 4.79 Å². The molecule has 0 spiro atoms. The first-order chi connectivity index (χ1) is 9.15. The molecule has 0 aromatic carbocycles. The highest BCUT2D eigenvalue weighted by atomic mass is 16.2. The van der Waals surface area contributed by atoms with Crippen LogP contribution in [0, 0.1) is 5.92 Å². The summed E-state index contributed by atoms with van der Waals surface area (Å²) >= 11 is 0. The minimum Gasteiger partial charge on any atom is -0.341 e. The van der Waals surface area contributed by atoms with Gasteiger partial charge in [0.1, 0.15) is 6.04 Å². The molecule has 1 unspecified atom stereocenters. The number of amides is 1. The number of hydrogen-bond acceptors (Lipinski definition) is 3. The van der Waals surface area contributed by atoms with E-state index in [0.717, 1.165) is 31.0 Å². The molecular weight excluding hydrogens is 240 g/mol. The normalized spacial score (nSPS) is 16.4. The van der Waals surface area contributed by atoms with E-state index >= 15 is 0 Å². The Balaban J connectivity index is 2.08. The van der Waals surface area contributed by atoms with Crippen molar-refractivity contribution in [2.75, 3.05) is 20.1 Å². The van der Waals surface area contributed by atoms with E-state index in [1.54, 1.807) is 10.9 Å². The lowest BCUT2D eigenvalue weighted by atomic mass is 10.1. The van der Waals surface area contributed by atoms with Crippen molar-refractivity contribution in [3.63, 3.8) is 0 Å². The number of aromatic nitrogens is 2. The van der Waals surface area contributed by atoms with Crippen molar-refractivity contribution in [1.29, 1.82) is 0 Å². The van der Waals surface area contributed by atoms with Crippen LogP contribution in [-0.2, 0) is 11.8 Å². The smallest absolute Gasteiger partial charge is 0.244 e. The van der Waals surface area contributed by atoms with Gasteiger partial charge in [-0.1, -0.05) is 6.92 Å². The number of rotatable bonds is 7. The number of nitrogens with one attached hydrogen (secondary N) is 1. The van der Waals surface area contributed by atoms with Crippen molar-refractivity contribution in [1.82, 2.24) is 20.0 Å². The van der Waals surface area contributed by atoms with Gasteiger partial charge < -0.3 is 10.2 Å². The van der Waals surface area contributed by atoms with Gasteiger partial charge in [0.15, 0.2) is 0 Å². The molecule has 0 radical (unpaired) electrons. The third kappa shape index (κ3) is 3.56. The first-order valence-electron chi connectivity index (χ1n) is 7.10. The largest absolute Gasteiger partial charge is 0.341 e. The Labute approximate surface area is 115 Å². The molecule has 5 nitrogen and oxygen atoms in total. The van der Waals surface area contributed by atoms with Crippen LogP contribution in [-0.4, -0.2) is 40.7 Å². The highest BCUT2D eigenvalue weighted by Gasteiger charge is 2.30. The minimum absolute atomic E-state index is 0.171. The molecular formula is C14H24N4O. The maximum atomic E-state index is 12.7. The van der Waals surface area contributed by atoms with E-state index in [-0.39, 0.29) is 11.9 Å². The van der Waals surface area contributed by atoms with E-state index in [1.807, 2.05) is 25.2 Å². The van der Waals surface area contributed by atoms with Crippen LogP contribution in [0.3, 0.4) is 0 Å². The molecule has 1 amide bonds. The summed E-state index contributed by atoms with van der Waals surface area (Å²) in [4.78, 5) is 14.7. The molecule has 1 heterocycles. The number of carbonyl (C=O) groups excluding carboxylic acids is 1. The molecule has 2 rings (SSSR count). The average Bonchev–Trinajstić information content (AvgIpc) is 3.11. The van der Waals surface area contributed by atoms with Crippen LogP contribution in [0.25, 0.3) is 0 Å². The Morgan fingerprint density at radius 3 is 2.84 bits per heavy atom. The summed E-state index contributed by atoms with van der Waals surface area (Å²) in [5, 5.41) is 7.27. The van der Waals surface area contributed by atoms with E-state index in [4.69, 9.17) is 0 Å². The molecule has 1 aliphatic rings. The monoisotopic (exact) mass is 264 g/mol. The highest BCUT2D eigenvalue weighted by molar-refractivity contribution is 5.83. The maximum Gasteiger partial charge on any atom is 0.244 e. The van der Waals surface area contributed by atoms with Crippen molar-refractivity contribution in [3.05, 3.63) is 18.0 Å². The average molecular weight is 264 g/mol. The zero-order valence-corrected chi connectivity index (χ0v) is 12.1. The quantitative estimate of drug-likeness (QED) is 0.808. The van der Waals surface area contributed by atoms with E-state index in [0.29, 0.717) is 0 Å². The predicted octanol–water partition coefficient (Wildman–Crippen LogP) is 1.33. The molecule has 0 aliphatic heterocycles. The lowest BCUT2D eigenvalue weighted by molar-refractivity contribution is -0.133. The Morgan fingerprint density at radius 1 is 1.63 bits per heavy atom. The lowest BCUT2D eigenvalue weighted by Gasteiger charge is -2.26. The van der Waals surface area contributed by atoms with Gasteiger partial charge in [-0.25, -0.2) is 0 Å². The first kappa shape index (κ1) is 14.1. The third-order valence-electron chi connectivity index (χ3n) is 3.57. The molecule has 1 atom stereocenters. The number of nitrogens with zero attached hydrogens (tertiary/aromatic N) is 3. The van der Waals surface area contributed by atoms with E-state index in [1.165, 1.54) is 12.8 Å². The standard InChI is InChI=1S/C14H24N4O/c1-4-7-18(9-11-5-6-11)14(19)13(15-2)12-8-16-17(3)10-12/h8,10-11,13,15H,4-7,9H2,1-3H3. The van der Waals surface area contributed by atoms with Crippen LogP contribution in [0.15, 0.2) is 12.4 Å². The fraction of sp³-hybridized carbons (Fsp3) is 0.714. The van der Waals surface area contributed by atoms with Gasteiger partial charge in [-0.3, -0.25) is 9.48 Å². The predicted molar refractivity (Wildman–Crippen MR) is 74.6 cm³/mol. The van der Waals surface area contributed by atoms with E-state index < -0.39 is 0 Å². The summed E-state index contributed by atoms with van der Waals surface area (Å²) in [5.41, 5.74) is 0.937. The van der Waals surface area contributed by atoms with Crippen molar-refractivity contribution in [3.8, 4) is 0 Å². The summed E-state index contributed by atoms with van der Waals surface area (Å²) < 4.78 is 1.73. The molecule has 1 N–H and O–H groups in total. The zero-order valence-electron chi connectivity index (χ0n) is 12.1. The Bertz CT molecular complexity index is 425. The van der Waals surface area contributed by atoms with Gasteiger partial charge in [-0.2, -0.15) is 5.10 Å². The summed E-state index contributed by atoms with van der Waals surface area (Å²) in [6.45, 7) is 3.87. The molecule has 1 aromatic rings. The Morgan fingerprint density at radius 2 is 2.37 bits per heavy atom. The maximum absolute atomic E-state index is 12.7. The van der Waals surface area contributed by atoms with Crippen LogP contribution in [0.5, 0.6) is 0 Å². The second-order valence-electron chi connectivity index (χ2n) is 5.40. The first-order valence-corrected chi connectivity index (χ1v) is 7.10. The second-order valence-corrected chi connectivity index (χ2v) is 5.40. The number of aryl methyl sites for hydroxylation is 1. The van der Waals surface area contributed by atoms with Gasteiger partial charge in [0.25, 0.3) is 0 Å². The summed E-state index contributed by atoms with van der Waals surface area (Å²) in [5.74, 6) is 0.895. The van der Waals surface area contributed by atoms with Gasteiger partial charge >= 0.3 is 0 Å². The van der Waals surface area contributed by atoms with Crippen LogP contribution in [0.2, 0.25) is 0 Å². The molecule has 1 aliphatic carbocycles. The van der Waals surface area contributed by atoms with Crippen LogP contribution in [0.1, 0.15) is 37.8 Å². The molecule has 0 saturated heterocycles. The highest BCUT2D eigenvalue weighted by Crippen LogP contribution is 2.30. The van der Waals surface area contributed by atoms with Gasteiger partial charge in [-0.05, 0) is 32.2 Å². The third-order valence-corrected chi connectivity index (χ3v) is 3.57. The number of hydrogen-bond donors (Lipinski definition) is 1. The molecule has 0 bridgehead atoms. The zero-order chi connectivity index (χ0) is 13.8. The van der Waals surface area contributed by atoms with Crippen LogP contribution >= 0.6 is 0 Å². The fourth-order valence-corrected chi connectivity index (χ4v) is 2.38. The summed E-state index contributed by atoms with van der Waals surface area (Å²) in [6.07, 6.45) is 7.21. The van der Waals surface area contributed by atoms with E-state index in [9.17, 15) is 4.79 Å². The molecule has 106 valence electrons. The Kier molecular flexibility index (Phi) is 4.58. The van der Waals surface area contributed by atoms with Crippen LogP contribution in [0.4, 0.5) is 0 Å². The van der Waals surface area contributed by atoms with E-state index in [2.05, 4.69) is 17.3 Å².